The fourth-order valence-corrected chi connectivity index (χ4v) is 9.68. The van der Waals surface area contributed by atoms with Crippen molar-refractivity contribution in [2.75, 3.05) is 13.6 Å². The summed E-state index contributed by atoms with van der Waals surface area (Å²) < 4.78 is 11.1. The Morgan fingerprint density at radius 1 is 0.453 bits per heavy atom. The predicted octanol–water partition coefficient (Wildman–Crippen LogP) is 12.6. The third-order valence-corrected chi connectivity index (χ3v) is 12.6. The molecule has 9 nitrogen and oxygen atoms in total. The van der Waals surface area contributed by atoms with Gasteiger partial charge in [-0.15, -0.1) is 0 Å². The summed E-state index contributed by atoms with van der Waals surface area (Å²) in [6.45, 7) is 0.822. The van der Waals surface area contributed by atoms with E-state index in [1.807, 2.05) is 42.9 Å². The Morgan fingerprint density at radius 3 is 1.56 bits per heavy atom. The quantitative estimate of drug-likeness (QED) is 0.166. The minimum Gasteiger partial charge on any atom is -0.456 e. The van der Waals surface area contributed by atoms with Gasteiger partial charge in [0.1, 0.15) is 17.0 Å². The fourth-order valence-electron chi connectivity index (χ4n) is 9.68. The standard InChI is InChI=1S/C55H36N8O/c1-61-29-9-28-60-55(61)41-13-5-3-11-39(41)35-17-21-47-45(31-35)53-49(15-7-25-57-53)63(47)37-19-23-51-43(33-37)42-32-36(18-22-50(42)64-51)62-46-20-16-34(30-44(46)52-48(62)14-6-24-56-52)38-10-2-4-12-40(38)54-58-26-8-27-59-54/h2-28,30-33H,29H2,1H3. The third kappa shape index (κ3) is 5.54. The van der Waals surface area contributed by atoms with Crippen LogP contribution in [0, 0.1) is 0 Å². The normalized spacial score (nSPS) is 13.0. The number of hydrogen-bond acceptors (Lipinski definition) is 7. The maximum atomic E-state index is 6.52. The number of aromatic nitrogens is 6. The summed E-state index contributed by atoms with van der Waals surface area (Å²) in [6, 6.07) is 53.2. The maximum absolute atomic E-state index is 6.52. The molecule has 0 radical (unpaired) electrons. The molecule has 9 heteroatoms. The zero-order valence-electron chi connectivity index (χ0n) is 34.6. The van der Waals surface area contributed by atoms with Crippen LogP contribution in [0.1, 0.15) is 5.56 Å². The molecule has 302 valence electrons. The van der Waals surface area contributed by atoms with Crippen LogP contribution in [0.3, 0.4) is 0 Å². The van der Waals surface area contributed by atoms with E-state index in [4.69, 9.17) is 19.4 Å². The van der Waals surface area contributed by atoms with Crippen LogP contribution < -0.4 is 0 Å². The first-order chi connectivity index (χ1) is 31.7. The molecule has 64 heavy (non-hydrogen) atoms. The summed E-state index contributed by atoms with van der Waals surface area (Å²) in [5.74, 6) is 1.66. The number of amidine groups is 1. The van der Waals surface area contributed by atoms with Gasteiger partial charge in [0.05, 0.1) is 33.1 Å². The van der Waals surface area contributed by atoms with Crippen molar-refractivity contribution in [3.63, 3.8) is 0 Å². The van der Waals surface area contributed by atoms with Gasteiger partial charge in [0, 0.05) is 88.6 Å². The Labute approximate surface area is 366 Å². The van der Waals surface area contributed by atoms with Crippen LogP contribution in [0.4, 0.5) is 0 Å². The lowest BCUT2D eigenvalue weighted by atomic mass is 9.97. The van der Waals surface area contributed by atoms with Crippen molar-refractivity contribution >= 4 is 71.6 Å². The van der Waals surface area contributed by atoms with Crippen LogP contribution in [-0.2, 0) is 0 Å². The van der Waals surface area contributed by atoms with E-state index in [0.717, 1.165) is 123 Å². The summed E-state index contributed by atoms with van der Waals surface area (Å²) in [5.41, 5.74) is 16.3. The Balaban J connectivity index is 0.947. The molecule has 0 aliphatic carbocycles. The first-order valence-corrected chi connectivity index (χ1v) is 21.3. The molecule has 1 aliphatic heterocycles. The summed E-state index contributed by atoms with van der Waals surface area (Å²) in [4.78, 5) is 26.0. The number of benzene rings is 6. The second-order valence-electron chi connectivity index (χ2n) is 16.2. The van der Waals surface area contributed by atoms with E-state index in [2.05, 4.69) is 165 Å². The molecule has 0 fully saturated rings. The molecule has 13 rings (SSSR count). The van der Waals surface area contributed by atoms with E-state index in [1.54, 1.807) is 12.4 Å². The molecule has 0 amide bonds. The van der Waals surface area contributed by atoms with Gasteiger partial charge >= 0.3 is 0 Å². The number of fused-ring (bicyclic) bond motifs is 9. The van der Waals surface area contributed by atoms with Crippen molar-refractivity contribution in [3.8, 4) is 45.0 Å². The molecule has 6 aromatic carbocycles. The monoisotopic (exact) mass is 824 g/mol. The Hall–Kier alpha value is -8.69. The van der Waals surface area contributed by atoms with Gasteiger partial charge in [-0.05, 0) is 119 Å². The van der Waals surface area contributed by atoms with Gasteiger partial charge in [-0.2, -0.15) is 0 Å². The highest BCUT2D eigenvalue weighted by molar-refractivity contribution is 6.13. The van der Waals surface area contributed by atoms with Gasteiger partial charge in [0.25, 0.3) is 0 Å². The average molecular weight is 825 g/mol. The van der Waals surface area contributed by atoms with Crippen LogP contribution in [0.5, 0.6) is 0 Å². The molecule has 6 aromatic heterocycles. The van der Waals surface area contributed by atoms with Gasteiger partial charge in [-0.1, -0.05) is 60.7 Å². The van der Waals surface area contributed by atoms with Crippen LogP contribution in [0.15, 0.2) is 198 Å². The topological polar surface area (TPSA) is 90.2 Å². The minimum atomic E-state index is 0.695. The second kappa shape index (κ2) is 14.2. The summed E-state index contributed by atoms with van der Waals surface area (Å²) >= 11 is 0. The molecule has 0 saturated heterocycles. The molecule has 0 atom stereocenters. The van der Waals surface area contributed by atoms with Gasteiger partial charge in [-0.3, -0.25) is 9.97 Å². The molecular weight excluding hydrogens is 789 g/mol. The number of rotatable bonds is 6. The van der Waals surface area contributed by atoms with Crippen molar-refractivity contribution in [2.24, 2.45) is 4.99 Å². The molecule has 0 N–H and O–H groups in total. The van der Waals surface area contributed by atoms with Crippen LogP contribution in [-0.4, -0.2) is 53.4 Å². The number of hydrogen-bond donors (Lipinski definition) is 0. The lowest BCUT2D eigenvalue weighted by Gasteiger charge is -2.24. The molecule has 0 saturated carbocycles. The van der Waals surface area contributed by atoms with E-state index < -0.39 is 0 Å². The van der Waals surface area contributed by atoms with Gasteiger partial charge in [0.15, 0.2) is 5.82 Å². The molecule has 12 aromatic rings. The Morgan fingerprint density at radius 2 is 0.984 bits per heavy atom. The lowest BCUT2D eigenvalue weighted by molar-refractivity contribution is 0.557. The summed E-state index contributed by atoms with van der Waals surface area (Å²) in [5, 5.41) is 4.22. The van der Waals surface area contributed by atoms with Crippen molar-refractivity contribution in [2.45, 2.75) is 0 Å². The largest absolute Gasteiger partial charge is 0.456 e. The summed E-state index contributed by atoms with van der Waals surface area (Å²) in [6.07, 6.45) is 11.3. The summed E-state index contributed by atoms with van der Waals surface area (Å²) in [7, 11) is 2.09. The van der Waals surface area contributed by atoms with Crippen LogP contribution >= 0.6 is 0 Å². The lowest BCUT2D eigenvalue weighted by Crippen LogP contribution is -2.29. The first-order valence-electron chi connectivity index (χ1n) is 21.3. The number of aliphatic imine (C=N–C) groups is 1. The smallest absolute Gasteiger partial charge is 0.159 e. The first kappa shape index (κ1) is 36.0. The van der Waals surface area contributed by atoms with Gasteiger partial charge in [-0.25, -0.2) is 15.0 Å². The van der Waals surface area contributed by atoms with Gasteiger partial charge < -0.3 is 18.5 Å². The van der Waals surface area contributed by atoms with Crippen molar-refractivity contribution in [1.82, 2.24) is 34.0 Å². The minimum absolute atomic E-state index is 0.695. The maximum Gasteiger partial charge on any atom is 0.159 e. The zero-order chi connectivity index (χ0) is 42.3. The Kier molecular flexibility index (Phi) is 7.98. The second-order valence-corrected chi connectivity index (χ2v) is 16.2. The molecule has 0 bridgehead atoms. The van der Waals surface area contributed by atoms with Crippen LogP contribution in [0.25, 0.3) is 111 Å². The highest BCUT2D eigenvalue weighted by atomic mass is 16.3. The highest BCUT2D eigenvalue weighted by Crippen LogP contribution is 2.40. The third-order valence-electron chi connectivity index (χ3n) is 12.6. The van der Waals surface area contributed by atoms with E-state index in [9.17, 15) is 0 Å². The zero-order valence-corrected chi connectivity index (χ0v) is 34.6. The van der Waals surface area contributed by atoms with E-state index in [1.165, 1.54) is 0 Å². The van der Waals surface area contributed by atoms with Crippen molar-refractivity contribution < 1.29 is 4.42 Å². The molecular formula is C55H36N8O. The molecule has 1 aliphatic rings. The number of pyridine rings is 2. The predicted molar refractivity (Wildman–Crippen MR) is 258 cm³/mol. The average Bonchev–Trinajstić information content (AvgIpc) is 4.01. The van der Waals surface area contributed by atoms with E-state index in [0.29, 0.717) is 5.82 Å². The van der Waals surface area contributed by atoms with Crippen LogP contribution in [0.2, 0.25) is 0 Å². The Bertz CT molecular complexity index is 3910. The fraction of sp³-hybridized carbons (Fsp3) is 0.0364. The SMILES string of the molecule is CN1CC=CN=C1c1ccccc1-c1ccc2c(c1)c1ncccc1n2-c1ccc2oc3ccc(-n4c5ccc(-c6ccccc6-c6ncccn6)cc5c5ncccc54)cc3c2c1. The van der Waals surface area contributed by atoms with Crippen molar-refractivity contribution in [1.29, 1.82) is 0 Å². The number of nitrogens with zero attached hydrogens (tertiary/aromatic N) is 8. The number of furan rings is 1. The van der Waals surface area contributed by atoms with Gasteiger partial charge in [0.2, 0.25) is 0 Å². The number of likely N-dealkylation sites (N-methyl/N-ethyl adjacent to an activating group) is 1. The highest BCUT2D eigenvalue weighted by Gasteiger charge is 2.21. The molecule has 7 heterocycles. The van der Waals surface area contributed by atoms with E-state index >= 15 is 0 Å². The van der Waals surface area contributed by atoms with E-state index in [-0.39, 0.29) is 0 Å². The molecule has 0 spiro atoms. The van der Waals surface area contributed by atoms with Crippen molar-refractivity contribution in [3.05, 3.63) is 194 Å². The molecule has 0 unspecified atom stereocenters.